The van der Waals surface area contributed by atoms with Crippen molar-refractivity contribution in [3.63, 3.8) is 0 Å². The Labute approximate surface area is 279 Å². The van der Waals surface area contributed by atoms with Crippen LogP contribution in [0.4, 0.5) is 0 Å². The van der Waals surface area contributed by atoms with Gasteiger partial charge < -0.3 is 28.4 Å². The fraction of sp³-hybridized carbons (Fsp3) is 0.923. The summed E-state index contributed by atoms with van der Waals surface area (Å²) in [6.07, 6.45) is 10.8. The molecule has 1 aliphatic heterocycles. The summed E-state index contributed by atoms with van der Waals surface area (Å²) in [5.74, 6) is 1.52. The van der Waals surface area contributed by atoms with Crippen LogP contribution in [0, 0.1) is 56.7 Å². The van der Waals surface area contributed by atoms with Gasteiger partial charge in [0.15, 0.2) is 12.6 Å². The fourth-order valence-corrected chi connectivity index (χ4v) is 12.5. The summed E-state index contributed by atoms with van der Waals surface area (Å²) in [5, 5.41) is 0. The van der Waals surface area contributed by atoms with Gasteiger partial charge in [-0.15, -0.1) is 0 Å². The van der Waals surface area contributed by atoms with E-state index in [0.29, 0.717) is 50.3 Å². The topological polar surface area (TPSA) is 72.5 Å². The van der Waals surface area contributed by atoms with Gasteiger partial charge in [0.05, 0.1) is 24.2 Å². The van der Waals surface area contributed by atoms with E-state index in [4.69, 9.17) is 28.4 Å². The van der Waals surface area contributed by atoms with E-state index in [1.165, 1.54) is 6.42 Å². The molecule has 0 aromatic carbocycles. The van der Waals surface area contributed by atoms with Crippen LogP contribution in [-0.2, 0) is 33.2 Å². The maximum Gasteiger partial charge on any atom is 0.314 e. The molecule has 6 aliphatic rings. The molecule has 5 fully saturated rings. The number of carbonyl (C=O) groups excluding carboxylic acids is 1. The van der Waals surface area contributed by atoms with Crippen molar-refractivity contribution in [2.75, 3.05) is 33.4 Å². The molecule has 1 saturated heterocycles. The van der Waals surface area contributed by atoms with Crippen molar-refractivity contribution in [1.82, 2.24) is 0 Å². The minimum atomic E-state index is -0.628. The van der Waals surface area contributed by atoms with Crippen molar-refractivity contribution < 1.29 is 33.2 Å². The second-order valence-corrected chi connectivity index (χ2v) is 17.6. The van der Waals surface area contributed by atoms with Crippen LogP contribution < -0.4 is 0 Å². The molecule has 7 heteroatoms. The van der Waals surface area contributed by atoms with E-state index < -0.39 is 11.2 Å². The normalized spacial score (nSPS) is 49.3. The Morgan fingerprint density at radius 1 is 0.891 bits per heavy atom. The lowest BCUT2D eigenvalue weighted by atomic mass is 9.33. The minimum absolute atomic E-state index is 0.0184. The molecular weight excluding hydrogens is 580 g/mol. The van der Waals surface area contributed by atoms with E-state index in [0.717, 1.165) is 44.9 Å². The molecule has 12 atom stereocenters. The first-order valence-corrected chi connectivity index (χ1v) is 18.6. The molecule has 262 valence electrons. The quantitative estimate of drug-likeness (QED) is 0.114. The van der Waals surface area contributed by atoms with Gasteiger partial charge in [-0.3, -0.25) is 4.79 Å². The van der Waals surface area contributed by atoms with Gasteiger partial charge in [-0.1, -0.05) is 53.2 Å². The summed E-state index contributed by atoms with van der Waals surface area (Å²) >= 11 is 0. The van der Waals surface area contributed by atoms with E-state index >= 15 is 0 Å². The number of allylic oxidation sites excluding steroid dienone is 2. The van der Waals surface area contributed by atoms with E-state index in [9.17, 15) is 4.79 Å². The molecule has 0 aromatic heterocycles. The third-order valence-electron chi connectivity index (χ3n) is 15.3. The van der Waals surface area contributed by atoms with E-state index in [-0.39, 0.29) is 52.5 Å². The van der Waals surface area contributed by atoms with Crippen LogP contribution >= 0.6 is 0 Å². The molecule has 0 spiro atoms. The van der Waals surface area contributed by atoms with Crippen LogP contribution in [0.15, 0.2) is 11.6 Å². The van der Waals surface area contributed by atoms with Crippen molar-refractivity contribution in [3.8, 4) is 0 Å². The number of hydrogen-bond donors (Lipinski definition) is 0. The summed E-state index contributed by atoms with van der Waals surface area (Å²) in [7, 11) is 0. The third-order valence-corrected chi connectivity index (χ3v) is 15.3. The third kappa shape index (κ3) is 5.02. The fourth-order valence-electron chi connectivity index (χ4n) is 12.5. The molecule has 5 aliphatic carbocycles. The largest absolute Gasteiger partial charge is 0.438 e. The van der Waals surface area contributed by atoms with E-state index in [1.54, 1.807) is 5.57 Å². The first-order chi connectivity index (χ1) is 21.6. The second-order valence-electron chi connectivity index (χ2n) is 17.6. The zero-order valence-electron chi connectivity index (χ0n) is 30.7. The van der Waals surface area contributed by atoms with Crippen LogP contribution in [0.5, 0.6) is 0 Å². The van der Waals surface area contributed by atoms with Gasteiger partial charge in [-0.05, 0) is 125 Å². The number of hydrogen-bond acceptors (Lipinski definition) is 7. The van der Waals surface area contributed by atoms with Crippen LogP contribution in [0.25, 0.3) is 0 Å². The lowest BCUT2D eigenvalue weighted by Crippen LogP contribution is -2.71. The Hall–Kier alpha value is -0.990. The highest BCUT2D eigenvalue weighted by molar-refractivity contribution is 5.78. The second kappa shape index (κ2) is 12.1. The predicted octanol–water partition coefficient (Wildman–Crippen LogP) is 8.30. The lowest BCUT2D eigenvalue weighted by molar-refractivity contribution is -0.375. The van der Waals surface area contributed by atoms with Crippen molar-refractivity contribution in [2.24, 2.45) is 56.7 Å². The monoisotopic (exact) mass is 644 g/mol. The Kier molecular flexibility index (Phi) is 9.17. The standard InChI is InChI=1S/C39H64O7/c1-11-41-23-43-28-21-35(7)29(36(8)22-45-34(5,6)46-32(28)36)16-17-38(10)30(35)14-13-27-31-26(4)25(3)15-18-39(31,20-19-37(27,38)9)33(40)44-24-42-12-2/h13,25-26,28-32H,11-12,14-24H2,1-10H3/t25-,26+,28?,29?,30?,31?,32?,35+,36?,37-,38-,39?/m1/s1. The Bertz CT molecular complexity index is 1180. The van der Waals surface area contributed by atoms with Crippen molar-refractivity contribution in [3.05, 3.63) is 11.6 Å². The summed E-state index contributed by atoms with van der Waals surface area (Å²) in [6, 6.07) is 0. The van der Waals surface area contributed by atoms with Gasteiger partial charge in [-0.2, -0.15) is 0 Å². The van der Waals surface area contributed by atoms with Crippen LogP contribution in [0.2, 0.25) is 0 Å². The minimum Gasteiger partial charge on any atom is -0.438 e. The molecule has 7 nitrogen and oxygen atoms in total. The molecular formula is C39H64O7. The smallest absolute Gasteiger partial charge is 0.314 e. The number of esters is 1. The van der Waals surface area contributed by atoms with E-state index in [2.05, 4.69) is 47.6 Å². The maximum absolute atomic E-state index is 14.0. The predicted molar refractivity (Wildman–Crippen MR) is 178 cm³/mol. The van der Waals surface area contributed by atoms with Crippen molar-refractivity contribution >= 4 is 5.97 Å². The highest BCUT2D eigenvalue weighted by Gasteiger charge is 2.72. The number of ether oxygens (including phenoxy) is 6. The summed E-state index contributed by atoms with van der Waals surface area (Å²) in [5.41, 5.74) is 1.13. The molecule has 4 saturated carbocycles. The van der Waals surface area contributed by atoms with Gasteiger partial charge in [-0.25, -0.2) is 0 Å². The Morgan fingerprint density at radius 3 is 2.33 bits per heavy atom. The van der Waals surface area contributed by atoms with Gasteiger partial charge in [0.2, 0.25) is 0 Å². The molecule has 0 N–H and O–H groups in total. The van der Waals surface area contributed by atoms with E-state index in [1.807, 2.05) is 27.7 Å². The summed E-state index contributed by atoms with van der Waals surface area (Å²) in [4.78, 5) is 14.0. The molecule has 7 unspecified atom stereocenters. The SMILES string of the molecule is CCOCOC(=O)C12CC[C@@H](C)[C@H](C)C1C1=CCC3[C@@]4(C)CC(OCOCC)C5OC(C)(C)OCC5(C)C4CC[C@@]3(C)[C@]1(C)CC2. The summed E-state index contributed by atoms with van der Waals surface area (Å²) < 4.78 is 37.0. The zero-order valence-corrected chi connectivity index (χ0v) is 30.7. The first-order valence-electron chi connectivity index (χ1n) is 18.6. The zero-order chi connectivity index (χ0) is 33.3. The van der Waals surface area contributed by atoms with Crippen molar-refractivity contribution in [2.45, 2.75) is 139 Å². The Balaban J connectivity index is 1.39. The molecule has 0 aromatic rings. The van der Waals surface area contributed by atoms with Crippen LogP contribution in [0.3, 0.4) is 0 Å². The van der Waals surface area contributed by atoms with Gasteiger partial charge >= 0.3 is 5.97 Å². The number of carbonyl (C=O) groups is 1. The highest BCUT2D eigenvalue weighted by Crippen LogP contribution is 2.76. The van der Waals surface area contributed by atoms with Crippen molar-refractivity contribution in [1.29, 1.82) is 0 Å². The van der Waals surface area contributed by atoms with Gasteiger partial charge in [0.25, 0.3) is 0 Å². The van der Waals surface area contributed by atoms with Gasteiger partial charge in [0.1, 0.15) is 6.79 Å². The average molecular weight is 645 g/mol. The molecule has 0 bridgehead atoms. The molecule has 6 rings (SSSR count). The maximum atomic E-state index is 14.0. The number of fused-ring (bicyclic) bond motifs is 9. The van der Waals surface area contributed by atoms with Crippen LogP contribution in [0.1, 0.15) is 121 Å². The molecule has 1 heterocycles. The average Bonchev–Trinajstić information content (AvgIpc) is 3.00. The highest BCUT2D eigenvalue weighted by atomic mass is 16.7. The molecule has 0 radical (unpaired) electrons. The number of rotatable bonds is 8. The molecule has 46 heavy (non-hydrogen) atoms. The lowest BCUT2D eigenvalue weighted by Gasteiger charge is -2.72. The van der Waals surface area contributed by atoms with Crippen LogP contribution in [-0.4, -0.2) is 57.4 Å². The summed E-state index contributed by atoms with van der Waals surface area (Å²) in [6.45, 7) is 25.2. The van der Waals surface area contributed by atoms with Gasteiger partial charge in [0, 0.05) is 18.6 Å². The molecule has 0 amide bonds. The Morgan fingerprint density at radius 2 is 1.61 bits per heavy atom. The first kappa shape index (κ1) is 34.9.